The minimum Gasteiger partial charge on any atom is -0.328 e. The summed E-state index contributed by atoms with van der Waals surface area (Å²) < 4.78 is 0.704. The zero-order valence-corrected chi connectivity index (χ0v) is 9.77. The lowest BCUT2D eigenvalue weighted by molar-refractivity contribution is -0.141. The van der Waals surface area contributed by atoms with E-state index in [0.29, 0.717) is 17.3 Å². The molecule has 0 aromatic carbocycles. The van der Waals surface area contributed by atoms with Gasteiger partial charge in [-0.3, -0.25) is 9.59 Å². The molecule has 0 spiro atoms. The highest BCUT2D eigenvalue weighted by Gasteiger charge is 2.33. The Morgan fingerprint density at radius 3 is 2.67 bits per heavy atom. The molecule has 1 unspecified atom stereocenters. The van der Waals surface area contributed by atoms with Crippen LogP contribution in [0.1, 0.15) is 24.3 Å². The average Bonchev–Trinajstić information content (AvgIpc) is 2.75. The van der Waals surface area contributed by atoms with Crippen molar-refractivity contribution < 1.29 is 9.59 Å². The van der Waals surface area contributed by atoms with Gasteiger partial charge in [0.2, 0.25) is 5.78 Å². The largest absolute Gasteiger partial charge is 0.328 e. The van der Waals surface area contributed by atoms with Gasteiger partial charge in [-0.1, -0.05) is 11.6 Å². The van der Waals surface area contributed by atoms with Crippen molar-refractivity contribution >= 4 is 34.6 Å². The Kier molecular flexibility index (Phi) is 2.80. The Labute approximate surface area is 96.6 Å². The smallest absolute Gasteiger partial charge is 0.290 e. The summed E-state index contributed by atoms with van der Waals surface area (Å²) in [6.45, 7) is 2.44. The number of amides is 1. The van der Waals surface area contributed by atoms with Gasteiger partial charge in [0.25, 0.3) is 5.91 Å². The van der Waals surface area contributed by atoms with Crippen LogP contribution in [0.3, 0.4) is 0 Å². The normalized spacial score (nSPS) is 18.7. The van der Waals surface area contributed by atoms with E-state index in [2.05, 4.69) is 0 Å². The Morgan fingerprint density at radius 2 is 2.20 bits per heavy atom. The number of thiophene rings is 1. The molecule has 1 fully saturated rings. The summed E-state index contributed by atoms with van der Waals surface area (Å²) in [5.74, 6) is -0.656. The average molecular weight is 244 g/mol. The van der Waals surface area contributed by atoms with Crippen molar-refractivity contribution in [2.24, 2.45) is 0 Å². The predicted molar refractivity (Wildman–Crippen MR) is 59.1 cm³/mol. The van der Waals surface area contributed by atoms with Crippen molar-refractivity contribution in [3.8, 4) is 0 Å². The van der Waals surface area contributed by atoms with Crippen molar-refractivity contribution in [1.82, 2.24) is 4.90 Å². The third-order valence-electron chi connectivity index (χ3n) is 2.55. The van der Waals surface area contributed by atoms with Crippen molar-refractivity contribution in [3.63, 3.8) is 0 Å². The first-order chi connectivity index (χ1) is 7.09. The van der Waals surface area contributed by atoms with Crippen LogP contribution >= 0.6 is 22.9 Å². The maximum atomic E-state index is 11.5. The van der Waals surface area contributed by atoms with E-state index in [-0.39, 0.29) is 17.7 Å². The molecule has 0 aliphatic carbocycles. The molecule has 1 aliphatic rings. The monoisotopic (exact) mass is 243 g/mol. The number of halogens is 1. The lowest BCUT2D eigenvalue weighted by Crippen LogP contribution is -2.29. The number of hydrogen-bond donors (Lipinski definition) is 0. The summed E-state index contributed by atoms with van der Waals surface area (Å²) in [7, 11) is 0. The molecule has 0 saturated carbocycles. The van der Waals surface area contributed by atoms with Crippen LogP contribution in [0.4, 0.5) is 0 Å². The zero-order valence-electron chi connectivity index (χ0n) is 8.20. The Bertz CT molecular complexity index is 415. The summed E-state index contributed by atoms with van der Waals surface area (Å²) in [4.78, 5) is 25.2. The Hall–Kier alpha value is -0.870. The fraction of sp³-hybridized carbons (Fsp3) is 0.400. The highest BCUT2D eigenvalue weighted by Crippen LogP contribution is 2.31. The van der Waals surface area contributed by atoms with Crippen LogP contribution in [0.15, 0.2) is 12.1 Å². The molecule has 1 saturated heterocycles. The van der Waals surface area contributed by atoms with Crippen LogP contribution in [0.2, 0.25) is 4.34 Å². The van der Waals surface area contributed by atoms with Crippen molar-refractivity contribution in [2.75, 3.05) is 6.54 Å². The predicted octanol–water partition coefficient (Wildman–Crippen LogP) is 2.26. The molecule has 0 N–H and O–H groups in total. The molecule has 1 aliphatic heterocycles. The molecular formula is C10H10ClNO2S. The molecule has 2 heterocycles. The highest BCUT2D eigenvalue weighted by molar-refractivity contribution is 7.16. The summed E-state index contributed by atoms with van der Waals surface area (Å²) in [6, 6.07) is 3.65. The first-order valence-corrected chi connectivity index (χ1v) is 5.88. The quantitative estimate of drug-likeness (QED) is 0.748. The van der Waals surface area contributed by atoms with Gasteiger partial charge in [0.1, 0.15) is 0 Å². The molecule has 1 atom stereocenters. The van der Waals surface area contributed by atoms with Crippen molar-refractivity contribution in [3.05, 3.63) is 21.3 Å². The van der Waals surface area contributed by atoms with Gasteiger partial charge in [-0.2, -0.15) is 0 Å². The molecule has 1 aromatic rings. The molecule has 3 nitrogen and oxygen atoms in total. The van der Waals surface area contributed by atoms with E-state index in [1.165, 1.54) is 11.3 Å². The third-order valence-corrected chi connectivity index (χ3v) is 3.95. The zero-order chi connectivity index (χ0) is 11.0. The molecule has 2 rings (SSSR count). The summed E-state index contributed by atoms with van der Waals surface area (Å²) in [5.41, 5.74) is 0. The van der Waals surface area contributed by atoms with Gasteiger partial charge in [-0.05, 0) is 19.1 Å². The molecule has 1 aromatic heterocycles. The lowest BCUT2D eigenvalue weighted by Gasteiger charge is -2.21. The second-order valence-corrected chi connectivity index (χ2v) is 5.24. The van der Waals surface area contributed by atoms with Gasteiger partial charge in [-0.25, -0.2) is 0 Å². The number of nitrogens with zero attached hydrogens (tertiary/aromatic N) is 1. The first-order valence-electron chi connectivity index (χ1n) is 4.68. The van der Waals surface area contributed by atoms with Gasteiger partial charge in [0, 0.05) is 17.8 Å². The minimum atomic E-state index is -0.368. The number of carbonyl (C=O) groups is 2. The van der Waals surface area contributed by atoms with Crippen LogP contribution in [-0.2, 0) is 9.59 Å². The van der Waals surface area contributed by atoms with Crippen LogP contribution in [0.25, 0.3) is 0 Å². The van der Waals surface area contributed by atoms with E-state index in [1.807, 2.05) is 13.0 Å². The van der Waals surface area contributed by atoms with Crippen LogP contribution in [0.5, 0.6) is 0 Å². The van der Waals surface area contributed by atoms with Crippen LogP contribution in [-0.4, -0.2) is 23.1 Å². The molecule has 0 bridgehead atoms. The topological polar surface area (TPSA) is 37.4 Å². The first kappa shape index (κ1) is 10.6. The van der Waals surface area contributed by atoms with E-state index < -0.39 is 0 Å². The second-order valence-electron chi connectivity index (χ2n) is 3.49. The molecule has 80 valence electrons. The maximum Gasteiger partial charge on any atom is 0.290 e. The molecule has 5 heteroatoms. The van der Waals surface area contributed by atoms with E-state index in [1.54, 1.807) is 11.0 Å². The van der Waals surface area contributed by atoms with E-state index in [0.717, 1.165) is 4.88 Å². The second kappa shape index (κ2) is 3.94. The number of likely N-dealkylation sites (tertiary alicyclic amines) is 1. The number of carbonyl (C=O) groups excluding carboxylic acids is 2. The Morgan fingerprint density at radius 1 is 1.47 bits per heavy atom. The van der Waals surface area contributed by atoms with Gasteiger partial charge in [0.15, 0.2) is 0 Å². The van der Waals surface area contributed by atoms with Gasteiger partial charge in [-0.15, -0.1) is 11.3 Å². The maximum absolute atomic E-state index is 11.5. The summed E-state index contributed by atoms with van der Waals surface area (Å²) in [5, 5.41) is 0. The fourth-order valence-electron chi connectivity index (χ4n) is 1.67. The van der Waals surface area contributed by atoms with Crippen molar-refractivity contribution in [1.29, 1.82) is 0 Å². The van der Waals surface area contributed by atoms with E-state index in [9.17, 15) is 9.59 Å². The molecule has 15 heavy (non-hydrogen) atoms. The summed E-state index contributed by atoms with van der Waals surface area (Å²) >= 11 is 7.27. The minimum absolute atomic E-state index is 0.0542. The molecular weight excluding hydrogens is 234 g/mol. The molecule has 0 radical (unpaired) electrons. The van der Waals surface area contributed by atoms with Gasteiger partial charge in [0.05, 0.1) is 10.4 Å². The standard InChI is InChI=1S/C10H10ClNO2S/c1-6(8-2-3-9(11)15-8)12-5-4-7(13)10(12)14/h2-3,6H,4-5H2,1H3. The van der Waals surface area contributed by atoms with Gasteiger partial charge >= 0.3 is 0 Å². The highest BCUT2D eigenvalue weighted by atomic mass is 35.5. The third kappa shape index (κ3) is 1.92. The number of ketones is 1. The number of rotatable bonds is 2. The van der Waals surface area contributed by atoms with Crippen LogP contribution in [0, 0.1) is 0 Å². The van der Waals surface area contributed by atoms with Crippen LogP contribution < -0.4 is 0 Å². The summed E-state index contributed by atoms with van der Waals surface area (Å²) in [6.07, 6.45) is 0.336. The van der Waals surface area contributed by atoms with Gasteiger partial charge < -0.3 is 4.90 Å². The number of hydrogen-bond acceptors (Lipinski definition) is 3. The SMILES string of the molecule is CC(c1ccc(Cl)s1)N1CCC(=O)C1=O. The lowest BCUT2D eigenvalue weighted by atomic mass is 10.2. The van der Waals surface area contributed by atoms with E-state index >= 15 is 0 Å². The Balaban J connectivity index is 2.18. The fourth-order valence-corrected chi connectivity index (χ4v) is 2.79. The van der Waals surface area contributed by atoms with E-state index in [4.69, 9.17) is 11.6 Å². The number of Topliss-reactive ketones (excluding diaryl/α,β-unsaturated/α-hetero) is 1. The van der Waals surface area contributed by atoms with Crippen molar-refractivity contribution in [2.45, 2.75) is 19.4 Å². The molecule has 1 amide bonds.